The summed E-state index contributed by atoms with van der Waals surface area (Å²) in [6.45, 7) is 4.30. The quantitative estimate of drug-likeness (QED) is 0.588. The number of rotatable bonds is 6. The van der Waals surface area contributed by atoms with E-state index < -0.39 is 0 Å². The maximum absolute atomic E-state index is 5.46. The molecule has 0 aliphatic carbocycles. The van der Waals surface area contributed by atoms with Gasteiger partial charge in [-0.1, -0.05) is 37.3 Å². The topological polar surface area (TPSA) is 37.0 Å². The maximum atomic E-state index is 5.46. The lowest BCUT2D eigenvalue weighted by Crippen LogP contribution is -2.36. The molecule has 0 spiro atoms. The number of nitrogens with zero attached hydrogens (tertiary/aromatic N) is 1. The second kappa shape index (κ2) is 8.41. The molecule has 0 bridgehead atoms. The summed E-state index contributed by atoms with van der Waals surface area (Å²) in [6, 6.07) is 17.1. The van der Waals surface area contributed by atoms with Crippen molar-refractivity contribution in [2.24, 2.45) is 0 Å². The van der Waals surface area contributed by atoms with Crippen LogP contribution in [0, 0.1) is 0 Å². The fraction of sp³-hybridized carbons (Fsp3) is 0.300. The molecule has 2 N–H and O–H groups in total. The molecule has 2 aromatic carbocycles. The molecular formula is C20H23N3S2. The van der Waals surface area contributed by atoms with E-state index in [1.807, 2.05) is 12.1 Å². The maximum Gasteiger partial charge on any atom is 0.170 e. The lowest BCUT2D eigenvalue weighted by Gasteiger charge is -2.17. The molecule has 1 aromatic heterocycles. The van der Waals surface area contributed by atoms with E-state index in [1.54, 1.807) is 11.3 Å². The summed E-state index contributed by atoms with van der Waals surface area (Å²) in [5.74, 6) is 0. The van der Waals surface area contributed by atoms with E-state index in [-0.39, 0.29) is 0 Å². The predicted molar refractivity (Wildman–Crippen MR) is 113 cm³/mol. The Labute approximate surface area is 158 Å². The minimum Gasteiger partial charge on any atom is -0.360 e. The van der Waals surface area contributed by atoms with Crippen LogP contribution in [-0.4, -0.2) is 16.1 Å². The predicted octanol–water partition coefficient (Wildman–Crippen LogP) is 5.17. The molecule has 3 rings (SSSR count). The Kier molecular flexibility index (Phi) is 6.00. The van der Waals surface area contributed by atoms with Crippen molar-refractivity contribution in [2.75, 3.05) is 5.32 Å². The van der Waals surface area contributed by atoms with Crippen LogP contribution < -0.4 is 10.6 Å². The van der Waals surface area contributed by atoms with Crippen molar-refractivity contribution in [3.63, 3.8) is 0 Å². The molecule has 1 atom stereocenters. The second-order valence-corrected chi connectivity index (χ2v) is 7.69. The first-order chi connectivity index (χ1) is 12.1. The van der Waals surface area contributed by atoms with Crippen LogP contribution in [0.1, 0.15) is 30.8 Å². The van der Waals surface area contributed by atoms with Gasteiger partial charge in [0.1, 0.15) is 0 Å². The van der Waals surface area contributed by atoms with Gasteiger partial charge >= 0.3 is 0 Å². The number of fused-ring (bicyclic) bond motifs is 1. The number of thiocarbonyl (C=S) groups is 1. The first kappa shape index (κ1) is 17.8. The van der Waals surface area contributed by atoms with Crippen LogP contribution in [0.3, 0.4) is 0 Å². The Hall–Kier alpha value is -1.98. The van der Waals surface area contributed by atoms with Crippen molar-refractivity contribution in [3.05, 3.63) is 59.1 Å². The molecule has 0 aliphatic heterocycles. The highest BCUT2D eigenvalue weighted by molar-refractivity contribution is 7.80. The van der Waals surface area contributed by atoms with Gasteiger partial charge in [-0.05, 0) is 62.2 Å². The molecule has 0 saturated carbocycles. The zero-order valence-corrected chi connectivity index (χ0v) is 16.2. The Bertz CT molecular complexity index is 843. The molecule has 0 aliphatic rings. The molecule has 3 aromatic rings. The average molecular weight is 370 g/mol. The summed E-state index contributed by atoms with van der Waals surface area (Å²) in [4.78, 5) is 4.60. The molecule has 0 fully saturated rings. The molecule has 1 heterocycles. The molecular weight excluding hydrogens is 346 g/mol. The van der Waals surface area contributed by atoms with Crippen LogP contribution in [0.4, 0.5) is 5.69 Å². The molecule has 3 nitrogen and oxygen atoms in total. The SMILES string of the molecule is CCc1nc2ccc(NC(=S)N[C@H](C)CCc3ccccc3)cc2s1. The van der Waals surface area contributed by atoms with E-state index >= 15 is 0 Å². The number of aromatic nitrogens is 1. The second-order valence-electron chi connectivity index (χ2n) is 6.17. The fourth-order valence-electron chi connectivity index (χ4n) is 2.69. The Balaban J connectivity index is 1.53. The number of nitrogens with one attached hydrogen (secondary N) is 2. The number of aryl methyl sites for hydroxylation is 2. The average Bonchev–Trinajstić information content (AvgIpc) is 3.03. The first-order valence-electron chi connectivity index (χ1n) is 8.65. The summed E-state index contributed by atoms with van der Waals surface area (Å²) >= 11 is 7.20. The third kappa shape index (κ3) is 5.00. The van der Waals surface area contributed by atoms with Crippen LogP contribution in [0.15, 0.2) is 48.5 Å². The zero-order chi connectivity index (χ0) is 17.6. The van der Waals surface area contributed by atoms with Crippen molar-refractivity contribution < 1.29 is 0 Å². The molecule has 130 valence electrons. The summed E-state index contributed by atoms with van der Waals surface area (Å²) in [6.07, 6.45) is 3.06. The lowest BCUT2D eigenvalue weighted by atomic mass is 10.1. The highest BCUT2D eigenvalue weighted by Crippen LogP contribution is 2.25. The molecule has 0 saturated heterocycles. The Morgan fingerprint density at radius 3 is 2.76 bits per heavy atom. The third-order valence-corrected chi connectivity index (χ3v) is 5.46. The smallest absolute Gasteiger partial charge is 0.170 e. The van der Waals surface area contributed by atoms with Gasteiger partial charge in [-0.3, -0.25) is 0 Å². The Morgan fingerprint density at radius 2 is 2.00 bits per heavy atom. The van der Waals surface area contributed by atoms with Gasteiger partial charge in [0.15, 0.2) is 5.11 Å². The third-order valence-electron chi connectivity index (χ3n) is 4.08. The highest BCUT2D eigenvalue weighted by atomic mass is 32.1. The van der Waals surface area contributed by atoms with E-state index in [0.29, 0.717) is 11.2 Å². The molecule has 0 radical (unpaired) electrons. The van der Waals surface area contributed by atoms with Crippen molar-refractivity contribution >= 4 is 44.6 Å². The Morgan fingerprint density at radius 1 is 1.20 bits per heavy atom. The largest absolute Gasteiger partial charge is 0.360 e. The minimum absolute atomic E-state index is 0.319. The van der Waals surface area contributed by atoms with Crippen LogP contribution in [0.5, 0.6) is 0 Å². The van der Waals surface area contributed by atoms with Gasteiger partial charge < -0.3 is 10.6 Å². The van der Waals surface area contributed by atoms with E-state index in [0.717, 1.165) is 30.5 Å². The summed E-state index contributed by atoms with van der Waals surface area (Å²) in [7, 11) is 0. The van der Waals surface area contributed by atoms with Crippen molar-refractivity contribution in [1.29, 1.82) is 0 Å². The van der Waals surface area contributed by atoms with Gasteiger partial charge in [0.2, 0.25) is 0 Å². The first-order valence-corrected chi connectivity index (χ1v) is 9.87. The standard InChI is InChI=1S/C20H23N3S2/c1-3-19-23-17-12-11-16(13-18(17)25-19)22-20(24)21-14(2)9-10-15-7-5-4-6-8-15/h4-8,11-14H,3,9-10H2,1-2H3,(H2,21,22,24)/t14-/m1/s1. The molecule has 0 unspecified atom stereocenters. The monoisotopic (exact) mass is 369 g/mol. The summed E-state index contributed by atoms with van der Waals surface area (Å²) in [5.41, 5.74) is 3.42. The van der Waals surface area contributed by atoms with E-state index in [1.165, 1.54) is 15.3 Å². The molecule has 25 heavy (non-hydrogen) atoms. The van der Waals surface area contributed by atoms with Crippen molar-refractivity contribution in [2.45, 2.75) is 39.2 Å². The van der Waals surface area contributed by atoms with Crippen LogP contribution >= 0.6 is 23.6 Å². The zero-order valence-electron chi connectivity index (χ0n) is 14.6. The van der Waals surface area contributed by atoms with Gasteiger partial charge in [-0.15, -0.1) is 11.3 Å². The van der Waals surface area contributed by atoms with Gasteiger partial charge in [0.25, 0.3) is 0 Å². The molecule has 0 amide bonds. The van der Waals surface area contributed by atoms with Crippen LogP contribution in [0.25, 0.3) is 10.2 Å². The molecule has 5 heteroatoms. The number of anilines is 1. The van der Waals surface area contributed by atoms with Crippen LogP contribution in [-0.2, 0) is 12.8 Å². The van der Waals surface area contributed by atoms with Gasteiger partial charge in [-0.2, -0.15) is 0 Å². The normalized spacial score (nSPS) is 12.1. The highest BCUT2D eigenvalue weighted by Gasteiger charge is 2.07. The van der Waals surface area contributed by atoms with Crippen molar-refractivity contribution in [3.8, 4) is 0 Å². The van der Waals surface area contributed by atoms with E-state index in [4.69, 9.17) is 12.2 Å². The van der Waals surface area contributed by atoms with E-state index in [9.17, 15) is 0 Å². The van der Waals surface area contributed by atoms with Crippen molar-refractivity contribution in [1.82, 2.24) is 10.3 Å². The number of hydrogen-bond donors (Lipinski definition) is 2. The lowest BCUT2D eigenvalue weighted by molar-refractivity contribution is 0.609. The van der Waals surface area contributed by atoms with Gasteiger partial charge in [-0.25, -0.2) is 4.98 Å². The van der Waals surface area contributed by atoms with Gasteiger partial charge in [0.05, 0.1) is 15.2 Å². The number of benzene rings is 2. The number of hydrogen-bond acceptors (Lipinski definition) is 3. The summed E-state index contributed by atoms with van der Waals surface area (Å²) < 4.78 is 1.20. The minimum atomic E-state index is 0.319. The van der Waals surface area contributed by atoms with E-state index in [2.05, 4.69) is 65.9 Å². The summed E-state index contributed by atoms with van der Waals surface area (Å²) in [5, 5.41) is 8.50. The fourth-order valence-corrected chi connectivity index (χ4v) is 3.96. The van der Waals surface area contributed by atoms with Crippen LogP contribution in [0.2, 0.25) is 0 Å². The number of thiazole rings is 1. The van der Waals surface area contributed by atoms with Gasteiger partial charge in [0, 0.05) is 11.7 Å².